The van der Waals surface area contributed by atoms with E-state index in [1.54, 1.807) is 49.3 Å². The summed E-state index contributed by atoms with van der Waals surface area (Å²) in [5.41, 5.74) is 1.13. The van der Waals surface area contributed by atoms with Crippen molar-refractivity contribution in [1.29, 1.82) is 0 Å². The maximum absolute atomic E-state index is 13.1. The van der Waals surface area contributed by atoms with Gasteiger partial charge >= 0.3 is 0 Å². The third-order valence-electron chi connectivity index (χ3n) is 4.27. The van der Waals surface area contributed by atoms with E-state index >= 15 is 0 Å². The summed E-state index contributed by atoms with van der Waals surface area (Å²) in [5.74, 6) is -0.0278. The topological polar surface area (TPSA) is 78.1 Å². The highest BCUT2D eigenvalue weighted by atomic mass is 19.1. The molecule has 1 heterocycles. The molecule has 7 heteroatoms. The van der Waals surface area contributed by atoms with Gasteiger partial charge in [0.05, 0.1) is 10.9 Å². The summed E-state index contributed by atoms with van der Waals surface area (Å²) in [5, 5.41) is 3.39. The van der Waals surface area contributed by atoms with Crippen molar-refractivity contribution >= 4 is 16.8 Å². The molecule has 2 aromatic carbocycles. The molecule has 0 aliphatic heterocycles. The van der Waals surface area contributed by atoms with Crippen LogP contribution in [0, 0.1) is 5.82 Å². The van der Waals surface area contributed by atoms with E-state index in [2.05, 4.69) is 15.3 Å². The van der Waals surface area contributed by atoms with E-state index in [4.69, 9.17) is 0 Å². The molecule has 0 aliphatic rings. The number of nitrogens with zero attached hydrogens (tertiary/aromatic N) is 2. The molecule has 0 unspecified atom stereocenters. The van der Waals surface area contributed by atoms with Crippen molar-refractivity contribution in [2.75, 3.05) is 20.6 Å². The smallest absolute Gasteiger partial charge is 0.258 e. The fourth-order valence-electron chi connectivity index (χ4n) is 2.98. The maximum atomic E-state index is 13.1. The SMILES string of the molecule is CN(C)[C@H](C(=O)NCCc1nc2ccccc2c(=O)[nH]1)c1ccc(F)cc1. The predicted molar refractivity (Wildman–Crippen MR) is 102 cm³/mol. The van der Waals surface area contributed by atoms with Crippen LogP contribution in [0.4, 0.5) is 4.39 Å². The van der Waals surface area contributed by atoms with Gasteiger partial charge in [0, 0.05) is 13.0 Å². The Balaban J connectivity index is 1.67. The molecule has 6 nitrogen and oxygen atoms in total. The molecule has 27 heavy (non-hydrogen) atoms. The average molecular weight is 368 g/mol. The number of benzene rings is 2. The average Bonchev–Trinajstić information content (AvgIpc) is 2.63. The summed E-state index contributed by atoms with van der Waals surface area (Å²) in [6, 6.07) is 12.4. The predicted octanol–water partition coefficient (Wildman–Crippen LogP) is 2.02. The van der Waals surface area contributed by atoms with Crippen LogP contribution < -0.4 is 10.9 Å². The van der Waals surface area contributed by atoms with Gasteiger partial charge < -0.3 is 10.3 Å². The molecule has 0 radical (unpaired) electrons. The van der Waals surface area contributed by atoms with Crippen molar-refractivity contribution in [3.8, 4) is 0 Å². The normalized spacial score (nSPS) is 12.3. The van der Waals surface area contributed by atoms with E-state index in [9.17, 15) is 14.0 Å². The lowest BCUT2D eigenvalue weighted by molar-refractivity contribution is -0.125. The van der Waals surface area contributed by atoms with Crippen LogP contribution in [-0.4, -0.2) is 41.4 Å². The molecular formula is C20H21FN4O2. The first-order valence-corrected chi connectivity index (χ1v) is 8.63. The molecule has 0 saturated carbocycles. The number of halogens is 1. The van der Waals surface area contributed by atoms with Crippen LogP contribution in [0.2, 0.25) is 0 Å². The Kier molecular flexibility index (Phi) is 5.61. The number of nitrogens with one attached hydrogen (secondary N) is 2. The van der Waals surface area contributed by atoms with Gasteiger partial charge in [-0.2, -0.15) is 0 Å². The number of aromatic nitrogens is 2. The third-order valence-corrected chi connectivity index (χ3v) is 4.27. The van der Waals surface area contributed by atoms with E-state index in [0.717, 1.165) is 0 Å². The minimum atomic E-state index is -0.533. The van der Waals surface area contributed by atoms with Crippen molar-refractivity contribution in [2.45, 2.75) is 12.5 Å². The van der Waals surface area contributed by atoms with Gasteiger partial charge in [0.25, 0.3) is 5.56 Å². The van der Waals surface area contributed by atoms with Gasteiger partial charge in [-0.25, -0.2) is 9.37 Å². The fraction of sp³-hybridized carbons (Fsp3) is 0.250. The van der Waals surface area contributed by atoms with Crippen LogP contribution in [0.15, 0.2) is 53.3 Å². The fourth-order valence-corrected chi connectivity index (χ4v) is 2.98. The van der Waals surface area contributed by atoms with E-state index in [1.165, 1.54) is 12.1 Å². The molecule has 1 aromatic heterocycles. The largest absolute Gasteiger partial charge is 0.354 e. The number of fused-ring (bicyclic) bond motifs is 1. The maximum Gasteiger partial charge on any atom is 0.258 e. The van der Waals surface area contributed by atoms with Gasteiger partial charge in [-0.05, 0) is 43.9 Å². The molecule has 1 atom stereocenters. The molecule has 140 valence electrons. The molecular weight excluding hydrogens is 347 g/mol. The number of carbonyl (C=O) groups excluding carboxylic acids is 1. The molecule has 3 aromatic rings. The number of hydrogen-bond donors (Lipinski definition) is 2. The molecule has 0 aliphatic carbocycles. The van der Waals surface area contributed by atoms with Crippen LogP contribution in [0.1, 0.15) is 17.4 Å². The number of H-pyrrole nitrogens is 1. The van der Waals surface area contributed by atoms with Gasteiger partial charge in [-0.1, -0.05) is 24.3 Å². The Hall–Kier alpha value is -3.06. The van der Waals surface area contributed by atoms with Crippen molar-refractivity contribution in [2.24, 2.45) is 0 Å². The Morgan fingerprint density at radius 1 is 1.19 bits per heavy atom. The van der Waals surface area contributed by atoms with Gasteiger partial charge in [0.15, 0.2) is 0 Å². The van der Waals surface area contributed by atoms with Crippen LogP contribution in [-0.2, 0) is 11.2 Å². The van der Waals surface area contributed by atoms with Crippen molar-refractivity contribution in [1.82, 2.24) is 20.2 Å². The highest BCUT2D eigenvalue weighted by Gasteiger charge is 2.22. The summed E-state index contributed by atoms with van der Waals surface area (Å²) in [7, 11) is 3.58. The summed E-state index contributed by atoms with van der Waals surface area (Å²) in [6.07, 6.45) is 0.398. The molecule has 0 saturated heterocycles. The second kappa shape index (κ2) is 8.09. The standard InChI is InChI=1S/C20H21FN4O2/c1-25(2)18(13-7-9-14(21)10-8-13)20(27)22-12-11-17-23-16-6-4-3-5-15(16)19(26)24-17/h3-10,18H,11-12H2,1-2H3,(H,22,27)(H,23,24,26)/t18-/m0/s1. The Morgan fingerprint density at radius 3 is 2.59 bits per heavy atom. The summed E-state index contributed by atoms with van der Waals surface area (Å²) in [4.78, 5) is 33.6. The molecule has 1 amide bonds. The lowest BCUT2D eigenvalue weighted by Crippen LogP contribution is -2.38. The van der Waals surface area contributed by atoms with Crippen molar-refractivity contribution in [3.05, 3.63) is 76.1 Å². The molecule has 2 N–H and O–H groups in total. The lowest BCUT2D eigenvalue weighted by atomic mass is 10.1. The number of aromatic amines is 1. The van der Waals surface area contributed by atoms with E-state index in [1.807, 2.05) is 6.07 Å². The lowest BCUT2D eigenvalue weighted by Gasteiger charge is -2.23. The monoisotopic (exact) mass is 368 g/mol. The van der Waals surface area contributed by atoms with Crippen molar-refractivity contribution < 1.29 is 9.18 Å². The summed E-state index contributed by atoms with van der Waals surface area (Å²) < 4.78 is 13.1. The Morgan fingerprint density at radius 2 is 1.89 bits per heavy atom. The number of likely N-dealkylation sites (N-methyl/N-ethyl adjacent to an activating group) is 1. The molecule has 3 rings (SSSR count). The molecule has 0 bridgehead atoms. The van der Waals surface area contributed by atoms with Gasteiger partial charge in [0.2, 0.25) is 5.91 Å². The van der Waals surface area contributed by atoms with Gasteiger partial charge in [0.1, 0.15) is 17.7 Å². The molecule has 0 spiro atoms. The minimum Gasteiger partial charge on any atom is -0.354 e. The summed E-state index contributed by atoms with van der Waals surface area (Å²) in [6.45, 7) is 0.325. The zero-order valence-electron chi connectivity index (χ0n) is 15.2. The Labute approximate surface area is 156 Å². The van der Waals surface area contributed by atoms with E-state index in [0.29, 0.717) is 35.3 Å². The highest BCUT2D eigenvalue weighted by Crippen LogP contribution is 2.18. The van der Waals surface area contributed by atoms with Crippen LogP contribution in [0.25, 0.3) is 10.9 Å². The Bertz CT molecular complexity index is 999. The quantitative estimate of drug-likeness (QED) is 0.698. The van der Waals surface area contributed by atoms with E-state index in [-0.39, 0.29) is 17.3 Å². The first-order chi connectivity index (χ1) is 13.0. The molecule has 0 fully saturated rings. The van der Waals surface area contributed by atoms with Crippen LogP contribution in [0.3, 0.4) is 0 Å². The third kappa shape index (κ3) is 4.38. The van der Waals surface area contributed by atoms with Crippen LogP contribution in [0.5, 0.6) is 0 Å². The highest BCUT2D eigenvalue weighted by molar-refractivity contribution is 5.83. The second-order valence-corrected chi connectivity index (χ2v) is 6.49. The van der Waals surface area contributed by atoms with Gasteiger partial charge in [-0.15, -0.1) is 0 Å². The first kappa shape index (κ1) is 18.7. The zero-order valence-corrected chi connectivity index (χ0v) is 15.2. The number of amides is 1. The van der Waals surface area contributed by atoms with E-state index < -0.39 is 6.04 Å². The van der Waals surface area contributed by atoms with Gasteiger partial charge in [-0.3, -0.25) is 14.5 Å². The number of rotatable bonds is 6. The number of para-hydroxylation sites is 1. The number of carbonyl (C=O) groups is 1. The van der Waals surface area contributed by atoms with Crippen molar-refractivity contribution in [3.63, 3.8) is 0 Å². The summed E-state index contributed by atoms with van der Waals surface area (Å²) >= 11 is 0. The number of hydrogen-bond acceptors (Lipinski definition) is 4. The zero-order chi connectivity index (χ0) is 19.4. The first-order valence-electron chi connectivity index (χ1n) is 8.63. The minimum absolute atomic E-state index is 0.195. The van der Waals surface area contributed by atoms with Crippen LogP contribution >= 0.6 is 0 Å². The second-order valence-electron chi connectivity index (χ2n) is 6.49.